The van der Waals surface area contributed by atoms with E-state index >= 15 is 0 Å². The summed E-state index contributed by atoms with van der Waals surface area (Å²) in [6, 6.07) is 0.358. The normalized spacial score (nSPS) is 10.8. The highest BCUT2D eigenvalue weighted by Crippen LogP contribution is 2.17. The Bertz CT molecular complexity index is 576. The molecule has 7 heteroatoms. The van der Waals surface area contributed by atoms with Gasteiger partial charge in [0.2, 0.25) is 0 Å². The lowest BCUT2D eigenvalue weighted by Gasteiger charge is -2.06. The lowest BCUT2D eigenvalue weighted by atomic mass is 10.2. The van der Waals surface area contributed by atoms with Gasteiger partial charge in [-0.2, -0.15) is 10.2 Å². The second-order valence-corrected chi connectivity index (χ2v) is 5.22. The molecule has 2 aromatic heterocycles. The van der Waals surface area contributed by atoms with Gasteiger partial charge in [-0.3, -0.25) is 9.36 Å². The summed E-state index contributed by atoms with van der Waals surface area (Å²) in [5.41, 5.74) is 4.09. The van der Waals surface area contributed by atoms with E-state index < -0.39 is 6.67 Å². The van der Waals surface area contributed by atoms with Crippen LogP contribution in [0.1, 0.15) is 36.8 Å². The maximum atomic E-state index is 12.4. The summed E-state index contributed by atoms with van der Waals surface area (Å²) in [6.45, 7) is 8.76. The molecule has 2 aromatic rings. The van der Waals surface area contributed by atoms with Crippen LogP contribution < -0.4 is 5.32 Å². The van der Waals surface area contributed by atoms with Crippen LogP contribution in [-0.4, -0.2) is 26.2 Å². The molecule has 0 radical (unpaired) electrons. The molecule has 0 fully saturated rings. The van der Waals surface area contributed by atoms with E-state index in [2.05, 4.69) is 35.6 Å². The summed E-state index contributed by atoms with van der Waals surface area (Å²) >= 11 is 0. The largest absolute Gasteiger partial charge is 0.378 e. The second kappa shape index (κ2) is 7.45. The van der Waals surface area contributed by atoms with Gasteiger partial charge in [-0.1, -0.05) is 0 Å². The van der Waals surface area contributed by atoms with Crippen LogP contribution in [0.3, 0.4) is 0 Å². The highest BCUT2D eigenvalue weighted by Gasteiger charge is 2.09. The second-order valence-electron chi connectivity index (χ2n) is 5.22. The van der Waals surface area contributed by atoms with Crippen LogP contribution in [0.5, 0.6) is 0 Å². The number of anilines is 1. The first-order valence-corrected chi connectivity index (χ1v) is 6.89. The van der Waals surface area contributed by atoms with Crippen LogP contribution >= 0.6 is 12.4 Å². The maximum Gasteiger partial charge on any atom is 0.109 e. The Balaban J connectivity index is 0.00000220. The summed E-state index contributed by atoms with van der Waals surface area (Å²) in [5.74, 6) is 0. The Labute approximate surface area is 130 Å². The van der Waals surface area contributed by atoms with E-state index in [1.54, 1.807) is 10.9 Å². The molecule has 0 unspecified atom stereocenters. The third-order valence-electron chi connectivity index (χ3n) is 3.42. The molecular formula is C14H23ClFN5. The standard InChI is InChI=1S/C14H22FN5.ClH/c1-10(2)20-9-13(11(3)18-20)7-16-14-8-17-19(6-5-15)12(14)4;/h8-10,16H,5-7H2,1-4H3;1H. The molecule has 0 aliphatic heterocycles. The predicted molar refractivity (Wildman–Crippen MR) is 84.9 cm³/mol. The minimum Gasteiger partial charge on any atom is -0.378 e. The molecule has 0 atom stereocenters. The fourth-order valence-electron chi connectivity index (χ4n) is 2.07. The van der Waals surface area contributed by atoms with E-state index in [0.29, 0.717) is 19.1 Å². The molecule has 0 spiro atoms. The first-order chi connectivity index (χ1) is 9.52. The van der Waals surface area contributed by atoms with Crippen molar-refractivity contribution in [1.82, 2.24) is 19.6 Å². The molecule has 0 bridgehead atoms. The van der Waals surface area contributed by atoms with E-state index in [9.17, 15) is 4.39 Å². The number of aromatic nitrogens is 4. The Morgan fingerprint density at radius 2 is 2.05 bits per heavy atom. The highest BCUT2D eigenvalue weighted by atomic mass is 35.5. The number of rotatable bonds is 6. The Hall–Kier alpha value is -1.56. The third-order valence-corrected chi connectivity index (χ3v) is 3.42. The fraction of sp³-hybridized carbons (Fsp3) is 0.571. The van der Waals surface area contributed by atoms with Gasteiger partial charge in [0, 0.05) is 24.3 Å². The molecule has 0 saturated carbocycles. The van der Waals surface area contributed by atoms with Gasteiger partial charge in [-0.15, -0.1) is 12.4 Å². The molecule has 0 aromatic carbocycles. The van der Waals surface area contributed by atoms with E-state index in [1.165, 1.54) is 0 Å². The molecule has 118 valence electrons. The van der Waals surface area contributed by atoms with Crippen molar-refractivity contribution in [2.24, 2.45) is 0 Å². The SMILES string of the molecule is Cc1nn(C(C)C)cc1CNc1cnn(CCF)c1C.Cl. The zero-order valence-electron chi connectivity index (χ0n) is 12.9. The molecule has 1 N–H and O–H groups in total. The van der Waals surface area contributed by atoms with Crippen LogP contribution in [0.15, 0.2) is 12.4 Å². The van der Waals surface area contributed by atoms with Crippen molar-refractivity contribution in [1.29, 1.82) is 0 Å². The zero-order chi connectivity index (χ0) is 14.7. The molecule has 0 aliphatic carbocycles. The zero-order valence-corrected chi connectivity index (χ0v) is 13.7. The van der Waals surface area contributed by atoms with Gasteiger partial charge in [0.05, 0.1) is 29.8 Å². The minimum absolute atomic E-state index is 0. The van der Waals surface area contributed by atoms with Gasteiger partial charge >= 0.3 is 0 Å². The average molecular weight is 316 g/mol. The molecule has 2 rings (SSSR count). The molecule has 0 amide bonds. The Morgan fingerprint density at radius 1 is 1.33 bits per heavy atom. The van der Waals surface area contributed by atoms with E-state index in [4.69, 9.17) is 0 Å². The van der Waals surface area contributed by atoms with Crippen LogP contribution in [0.25, 0.3) is 0 Å². The Kier molecular flexibility index (Phi) is 6.20. The molecule has 21 heavy (non-hydrogen) atoms. The van der Waals surface area contributed by atoms with Crippen molar-refractivity contribution >= 4 is 18.1 Å². The van der Waals surface area contributed by atoms with Crippen molar-refractivity contribution in [2.75, 3.05) is 12.0 Å². The van der Waals surface area contributed by atoms with Crippen molar-refractivity contribution in [2.45, 2.75) is 46.8 Å². The number of hydrogen-bond acceptors (Lipinski definition) is 3. The monoisotopic (exact) mass is 315 g/mol. The van der Waals surface area contributed by atoms with E-state index in [1.807, 2.05) is 18.5 Å². The number of halogens is 2. The number of aryl methyl sites for hydroxylation is 2. The number of hydrogen-bond donors (Lipinski definition) is 1. The van der Waals surface area contributed by atoms with Crippen LogP contribution in [-0.2, 0) is 13.1 Å². The van der Waals surface area contributed by atoms with Gasteiger partial charge in [0.25, 0.3) is 0 Å². The molecule has 5 nitrogen and oxygen atoms in total. The van der Waals surface area contributed by atoms with Crippen LogP contribution in [0.4, 0.5) is 10.1 Å². The van der Waals surface area contributed by atoms with E-state index in [-0.39, 0.29) is 12.4 Å². The quantitative estimate of drug-likeness (QED) is 0.890. The topological polar surface area (TPSA) is 47.7 Å². The molecule has 2 heterocycles. The summed E-state index contributed by atoms with van der Waals surface area (Å²) in [6.07, 6.45) is 3.81. The van der Waals surface area contributed by atoms with Gasteiger partial charge < -0.3 is 5.32 Å². The summed E-state index contributed by atoms with van der Waals surface area (Å²) < 4.78 is 16.0. The number of alkyl halides is 1. The molecular weight excluding hydrogens is 293 g/mol. The van der Waals surface area contributed by atoms with Crippen molar-refractivity contribution in [3.8, 4) is 0 Å². The van der Waals surface area contributed by atoms with Gasteiger partial charge in [0.1, 0.15) is 6.67 Å². The van der Waals surface area contributed by atoms with Crippen LogP contribution in [0, 0.1) is 13.8 Å². The van der Waals surface area contributed by atoms with E-state index in [0.717, 1.165) is 22.6 Å². The summed E-state index contributed by atoms with van der Waals surface area (Å²) in [5, 5.41) is 12.0. The van der Waals surface area contributed by atoms with Gasteiger partial charge in [-0.25, -0.2) is 4.39 Å². The molecule has 0 aliphatic rings. The minimum atomic E-state index is -0.401. The number of nitrogens with zero attached hydrogens (tertiary/aromatic N) is 4. The summed E-state index contributed by atoms with van der Waals surface area (Å²) in [4.78, 5) is 0. The fourth-order valence-corrected chi connectivity index (χ4v) is 2.07. The van der Waals surface area contributed by atoms with Gasteiger partial charge in [-0.05, 0) is 27.7 Å². The third kappa shape index (κ3) is 3.97. The number of nitrogens with one attached hydrogen (secondary N) is 1. The maximum absolute atomic E-state index is 12.4. The predicted octanol–water partition coefficient (Wildman–Crippen LogP) is 3.28. The van der Waals surface area contributed by atoms with Crippen LogP contribution in [0.2, 0.25) is 0 Å². The van der Waals surface area contributed by atoms with Crippen molar-refractivity contribution < 1.29 is 4.39 Å². The smallest absolute Gasteiger partial charge is 0.109 e. The highest BCUT2D eigenvalue weighted by molar-refractivity contribution is 5.85. The van der Waals surface area contributed by atoms with Crippen molar-refractivity contribution in [3.63, 3.8) is 0 Å². The lowest BCUT2D eigenvalue weighted by Crippen LogP contribution is -2.05. The lowest BCUT2D eigenvalue weighted by molar-refractivity contribution is 0.423. The average Bonchev–Trinajstić information content (AvgIpc) is 2.93. The first kappa shape index (κ1) is 17.5. The first-order valence-electron chi connectivity index (χ1n) is 6.89. The van der Waals surface area contributed by atoms with Gasteiger partial charge in [0.15, 0.2) is 0 Å². The summed E-state index contributed by atoms with van der Waals surface area (Å²) in [7, 11) is 0. The Morgan fingerprint density at radius 3 is 2.62 bits per heavy atom. The molecule has 0 saturated heterocycles. The van der Waals surface area contributed by atoms with Crippen molar-refractivity contribution in [3.05, 3.63) is 29.3 Å².